The first-order valence-electron chi connectivity index (χ1n) is 6.90. The minimum atomic E-state index is -0.786. The molecule has 2 fully saturated rings. The molecule has 0 aromatic carbocycles. The van der Waals surface area contributed by atoms with E-state index in [1.165, 1.54) is 6.42 Å². The predicted octanol–water partition coefficient (Wildman–Crippen LogP) is 2.28. The molecule has 0 radical (unpaired) electrons. The van der Waals surface area contributed by atoms with Crippen LogP contribution in [0.1, 0.15) is 52.4 Å². The molecule has 102 valence electrons. The zero-order valence-electron chi connectivity index (χ0n) is 11.4. The number of carbonyl (C=O) groups is 2. The molecule has 1 unspecified atom stereocenters. The van der Waals surface area contributed by atoms with Crippen LogP contribution in [0.4, 0.5) is 0 Å². The van der Waals surface area contributed by atoms with Crippen LogP contribution in [0.2, 0.25) is 0 Å². The Kier molecular flexibility index (Phi) is 3.39. The van der Waals surface area contributed by atoms with E-state index in [2.05, 4.69) is 0 Å². The maximum atomic E-state index is 12.6. The molecule has 1 saturated heterocycles. The Balaban J connectivity index is 2.05. The number of carbonyl (C=O) groups excluding carboxylic acids is 1. The van der Waals surface area contributed by atoms with Gasteiger partial charge in [0.2, 0.25) is 5.91 Å². The molecule has 0 aromatic heterocycles. The van der Waals surface area contributed by atoms with E-state index >= 15 is 0 Å². The molecule has 1 heterocycles. The van der Waals surface area contributed by atoms with Crippen LogP contribution in [0.15, 0.2) is 0 Å². The summed E-state index contributed by atoms with van der Waals surface area (Å²) in [5, 5.41) is 9.21. The van der Waals surface area contributed by atoms with Crippen molar-refractivity contribution in [2.75, 3.05) is 13.1 Å². The number of hydrogen-bond donors (Lipinski definition) is 1. The standard InChI is InChI=1S/C14H23NO3/c1-13(6-4-3-5-7-13)11(16)15-9-8-14(2,10-15)12(17)18/h3-10H2,1-2H3,(H,17,18). The van der Waals surface area contributed by atoms with E-state index in [9.17, 15) is 14.7 Å². The summed E-state index contributed by atoms with van der Waals surface area (Å²) in [6, 6.07) is 0. The van der Waals surface area contributed by atoms with Crippen molar-refractivity contribution < 1.29 is 14.7 Å². The molecule has 0 bridgehead atoms. The van der Waals surface area contributed by atoms with E-state index in [4.69, 9.17) is 0 Å². The zero-order chi connectivity index (χ0) is 13.4. The first-order chi connectivity index (χ1) is 8.37. The van der Waals surface area contributed by atoms with Gasteiger partial charge in [-0.2, -0.15) is 0 Å². The Morgan fingerprint density at radius 2 is 1.61 bits per heavy atom. The van der Waals surface area contributed by atoms with Crippen molar-refractivity contribution in [3.05, 3.63) is 0 Å². The zero-order valence-corrected chi connectivity index (χ0v) is 11.4. The first-order valence-corrected chi connectivity index (χ1v) is 6.90. The third kappa shape index (κ3) is 2.25. The van der Waals surface area contributed by atoms with Crippen LogP contribution in [0.5, 0.6) is 0 Å². The molecule has 1 aliphatic heterocycles. The second kappa shape index (κ2) is 4.56. The highest BCUT2D eigenvalue weighted by Crippen LogP contribution is 2.40. The van der Waals surface area contributed by atoms with Crippen molar-refractivity contribution in [1.82, 2.24) is 4.90 Å². The molecule has 1 amide bonds. The van der Waals surface area contributed by atoms with E-state index in [-0.39, 0.29) is 11.3 Å². The van der Waals surface area contributed by atoms with Gasteiger partial charge >= 0.3 is 5.97 Å². The lowest BCUT2D eigenvalue weighted by molar-refractivity contribution is -0.148. The molecular formula is C14H23NO3. The molecule has 1 saturated carbocycles. The maximum absolute atomic E-state index is 12.6. The van der Waals surface area contributed by atoms with Gasteiger partial charge in [0.05, 0.1) is 5.41 Å². The monoisotopic (exact) mass is 253 g/mol. The number of carboxylic acids is 1. The number of amides is 1. The van der Waals surface area contributed by atoms with Crippen molar-refractivity contribution in [3.8, 4) is 0 Å². The van der Waals surface area contributed by atoms with Crippen molar-refractivity contribution in [3.63, 3.8) is 0 Å². The highest BCUT2D eigenvalue weighted by Gasteiger charge is 2.46. The van der Waals surface area contributed by atoms with E-state index in [1.54, 1.807) is 11.8 Å². The molecule has 4 nitrogen and oxygen atoms in total. The van der Waals surface area contributed by atoms with Gasteiger partial charge in [-0.3, -0.25) is 9.59 Å². The van der Waals surface area contributed by atoms with Crippen LogP contribution in [-0.2, 0) is 9.59 Å². The Morgan fingerprint density at radius 1 is 1.00 bits per heavy atom. The topological polar surface area (TPSA) is 57.6 Å². The second-order valence-corrected chi connectivity index (χ2v) is 6.46. The van der Waals surface area contributed by atoms with Gasteiger partial charge in [0.15, 0.2) is 0 Å². The molecule has 1 aliphatic carbocycles. The highest BCUT2D eigenvalue weighted by atomic mass is 16.4. The van der Waals surface area contributed by atoms with Gasteiger partial charge in [0.1, 0.15) is 0 Å². The van der Waals surface area contributed by atoms with Crippen molar-refractivity contribution in [2.45, 2.75) is 52.4 Å². The van der Waals surface area contributed by atoms with Gasteiger partial charge in [-0.25, -0.2) is 0 Å². The average Bonchev–Trinajstić information content (AvgIpc) is 2.73. The van der Waals surface area contributed by atoms with Gasteiger partial charge in [0, 0.05) is 18.5 Å². The highest BCUT2D eigenvalue weighted by molar-refractivity contribution is 5.84. The predicted molar refractivity (Wildman–Crippen MR) is 68.1 cm³/mol. The third-order valence-corrected chi connectivity index (χ3v) is 4.75. The summed E-state index contributed by atoms with van der Waals surface area (Å²) in [5.74, 6) is -0.612. The lowest BCUT2D eigenvalue weighted by Gasteiger charge is -2.36. The smallest absolute Gasteiger partial charge is 0.311 e. The second-order valence-electron chi connectivity index (χ2n) is 6.46. The minimum Gasteiger partial charge on any atom is -0.481 e. The van der Waals surface area contributed by atoms with Crippen molar-refractivity contribution >= 4 is 11.9 Å². The quantitative estimate of drug-likeness (QED) is 0.821. The van der Waals surface area contributed by atoms with Crippen LogP contribution in [0.3, 0.4) is 0 Å². The van der Waals surface area contributed by atoms with Gasteiger partial charge in [-0.05, 0) is 26.2 Å². The van der Waals surface area contributed by atoms with Crippen LogP contribution in [-0.4, -0.2) is 35.0 Å². The van der Waals surface area contributed by atoms with E-state index in [0.717, 1.165) is 25.7 Å². The molecule has 2 rings (SSSR count). The fourth-order valence-corrected chi connectivity index (χ4v) is 3.24. The molecule has 0 spiro atoms. The summed E-state index contributed by atoms with van der Waals surface area (Å²) in [6.07, 6.45) is 5.93. The molecule has 1 N–H and O–H groups in total. The van der Waals surface area contributed by atoms with Gasteiger partial charge in [-0.1, -0.05) is 26.2 Å². The summed E-state index contributed by atoms with van der Waals surface area (Å²) >= 11 is 0. The van der Waals surface area contributed by atoms with Gasteiger partial charge < -0.3 is 10.0 Å². The Hall–Kier alpha value is -1.06. The molecule has 0 aromatic rings. The van der Waals surface area contributed by atoms with Crippen LogP contribution >= 0.6 is 0 Å². The van der Waals surface area contributed by atoms with E-state index in [0.29, 0.717) is 19.5 Å². The van der Waals surface area contributed by atoms with Crippen LogP contribution in [0, 0.1) is 10.8 Å². The minimum absolute atomic E-state index is 0.173. The fourth-order valence-electron chi connectivity index (χ4n) is 3.24. The summed E-state index contributed by atoms with van der Waals surface area (Å²) in [4.78, 5) is 25.6. The summed E-state index contributed by atoms with van der Waals surface area (Å²) < 4.78 is 0. The Bertz CT molecular complexity index is 360. The van der Waals surface area contributed by atoms with Crippen LogP contribution in [0.25, 0.3) is 0 Å². The lowest BCUT2D eigenvalue weighted by Crippen LogP contribution is -2.43. The largest absolute Gasteiger partial charge is 0.481 e. The fraction of sp³-hybridized carbons (Fsp3) is 0.857. The number of carboxylic acid groups (broad SMARTS) is 1. The Labute approximate surface area is 108 Å². The van der Waals surface area contributed by atoms with Crippen molar-refractivity contribution in [2.24, 2.45) is 10.8 Å². The van der Waals surface area contributed by atoms with Gasteiger partial charge in [0.25, 0.3) is 0 Å². The Morgan fingerprint density at radius 3 is 2.11 bits per heavy atom. The number of likely N-dealkylation sites (tertiary alicyclic amines) is 1. The van der Waals surface area contributed by atoms with E-state index < -0.39 is 11.4 Å². The van der Waals surface area contributed by atoms with Gasteiger partial charge in [-0.15, -0.1) is 0 Å². The number of rotatable bonds is 2. The third-order valence-electron chi connectivity index (χ3n) is 4.75. The molecule has 18 heavy (non-hydrogen) atoms. The SMILES string of the molecule is CC1(C(=O)O)CCN(C(=O)C2(C)CCCCC2)C1. The first kappa shape index (κ1) is 13.4. The summed E-state index contributed by atoms with van der Waals surface area (Å²) in [7, 11) is 0. The van der Waals surface area contributed by atoms with Crippen LogP contribution < -0.4 is 0 Å². The maximum Gasteiger partial charge on any atom is 0.311 e. The van der Waals surface area contributed by atoms with Crippen molar-refractivity contribution in [1.29, 1.82) is 0 Å². The summed E-state index contributed by atoms with van der Waals surface area (Å²) in [5.41, 5.74) is -0.997. The molecule has 2 aliphatic rings. The lowest BCUT2D eigenvalue weighted by atomic mass is 9.74. The molecule has 4 heteroatoms. The number of nitrogens with zero attached hydrogens (tertiary/aromatic N) is 1. The normalized spacial score (nSPS) is 31.3. The number of hydrogen-bond acceptors (Lipinski definition) is 2. The summed E-state index contributed by atoms with van der Waals surface area (Å²) in [6.45, 7) is 4.75. The molecular weight excluding hydrogens is 230 g/mol. The molecule has 1 atom stereocenters. The van der Waals surface area contributed by atoms with E-state index in [1.807, 2.05) is 6.92 Å². The number of aliphatic carboxylic acids is 1. The average molecular weight is 253 g/mol.